The number of thiophene rings is 1. The summed E-state index contributed by atoms with van der Waals surface area (Å²) in [6.45, 7) is 2.59. The first-order chi connectivity index (χ1) is 13.6. The number of thiazole rings is 1. The number of nitrogens with zero attached hydrogens (tertiary/aromatic N) is 1. The van der Waals surface area contributed by atoms with E-state index in [0.717, 1.165) is 27.6 Å². The molecule has 0 aliphatic carbocycles. The smallest absolute Gasteiger partial charge is 0.244 e. The number of aromatic nitrogens is 1. The Kier molecular flexibility index (Phi) is 6.84. The molecule has 0 saturated heterocycles. The predicted molar refractivity (Wildman–Crippen MR) is 115 cm³/mol. The van der Waals surface area contributed by atoms with Crippen LogP contribution in [-0.4, -0.2) is 31.7 Å². The third kappa shape index (κ3) is 5.43. The maximum absolute atomic E-state index is 12.1. The lowest BCUT2D eigenvalue weighted by Gasteiger charge is -2.06. The topological polar surface area (TPSA) is 60.5 Å². The highest BCUT2D eigenvalue weighted by Gasteiger charge is 2.06. The van der Waals surface area contributed by atoms with Crippen LogP contribution in [0.2, 0.25) is 0 Å². The Bertz CT molecular complexity index is 953. The molecule has 0 radical (unpaired) electrons. The Morgan fingerprint density at radius 3 is 2.57 bits per heavy atom. The van der Waals surface area contributed by atoms with E-state index in [1.807, 2.05) is 19.1 Å². The van der Waals surface area contributed by atoms with E-state index in [2.05, 4.69) is 27.8 Å². The first-order valence-corrected chi connectivity index (χ1v) is 10.5. The molecule has 3 rings (SSSR count). The van der Waals surface area contributed by atoms with E-state index in [9.17, 15) is 4.79 Å². The van der Waals surface area contributed by atoms with Crippen molar-refractivity contribution >= 4 is 34.7 Å². The second-order valence-electron chi connectivity index (χ2n) is 6.04. The zero-order valence-corrected chi connectivity index (χ0v) is 17.7. The van der Waals surface area contributed by atoms with Gasteiger partial charge in [-0.25, -0.2) is 4.98 Å². The lowest BCUT2D eigenvalue weighted by atomic mass is 10.2. The van der Waals surface area contributed by atoms with Crippen LogP contribution in [0.25, 0.3) is 16.6 Å². The molecule has 0 spiro atoms. The molecule has 3 aromatic rings. The van der Waals surface area contributed by atoms with Crippen molar-refractivity contribution in [2.45, 2.75) is 13.3 Å². The van der Waals surface area contributed by atoms with Crippen molar-refractivity contribution < 1.29 is 14.3 Å². The molecule has 0 aliphatic heterocycles. The van der Waals surface area contributed by atoms with Crippen LogP contribution in [0.5, 0.6) is 11.5 Å². The van der Waals surface area contributed by atoms with Gasteiger partial charge in [0.2, 0.25) is 5.91 Å². The van der Waals surface area contributed by atoms with Crippen molar-refractivity contribution in [3.63, 3.8) is 0 Å². The van der Waals surface area contributed by atoms with Gasteiger partial charge in [0.25, 0.3) is 0 Å². The first-order valence-electron chi connectivity index (χ1n) is 8.77. The minimum absolute atomic E-state index is 0.131. The Balaban J connectivity index is 1.51. The summed E-state index contributed by atoms with van der Waals surface area (Å²) in [4.78, 5) is 19.0. The summed E-state index contributed by atoms with van der Waals surface area (Å²) < 4.78 is 10.5. The third-order valence-electron chi connectivity index (χ3n) is 4.00. The molecule has 28 heavy (non-hydrogen) atoms. The molecular weight excluding hydrogens is 392 g/mol. The maximum Gasteiger partial charge on any atom is 0.244 e. The molecule has 0 saturated carbocycles. The van der Waals surface area contributed by atoms with Crippen LogP contribution in [0.3, 0.4) is 0 Å². The number of hydrogen-bond acceptors (Lipinski definition) is 6. The van der Waals surface area contributed by atoms with Gasteiger partial charge in [0.05, 0.1) is 29.8 Å². The number of rotatable bonds is 8. The van der Waals surface area contributed by atoms with Crippen LogP contribution < -0.4 is 14.8 Å². The molecule has 7 heteroatoms. The van der Waals surface area contributed by atoms with E-state index in [1.165, 1.54) is 11.0 Å². The van der Waals surface area contributed by atoms with E-state index in [-0.39, 0.29) is 5.91 Å². The zero-order valence-electron chi connectivity index (χ0n) is 16.0. The molecule has 0 atom stereocenters. The third-order valence-corrected chi connectivity index (χ3v) is 5.95. The molecule has 2 heterocycles. The van der Waals surface area contributed by atoms with Gasteiger partial charge in [0, 0.05) is 28.9 Å². The van der Waals surface area contributed by atoms with Crippen LogP contribution in [0, 0.1) is 6.92 Å². The fourth-order valence-corrected chi connectivity index (χ4v) is 4.25. The van der Waals surface area contributed by atoms with Gasteiger partial charge in [0.15, 0.2) is 0 Å². The van der Waals surface area contributed by atoms with Gasteiger partial charge in [-0.05, 0) is 49.2 Å². The molecule has 0 unspecified atom stereocenters. The lowest BCUT2D eigenvalue weighted by Crippen LogP contribution is -2.23. The van der Waals surface area contributed by atoms with Gasteiger partial charge in [-0.1, -0.05) is 0 Å². The number of hydrogen-bond donors (Lipinski definition) is 1. The Morgan fingerprint density at radius 1 is 1.18 bits per heavy atom. The molecule has 0 bridgehead atoms. The van der Waals surface area contributed by atoms with Gasteiger partial charge < -0.3 is 14.8 Å². The van der Waals surface area contributed by atoms with Gasteiger partial charge >= 0.3 is 0 Å². The van der Waals surface area contributed by atoms with Crippen molar-refractivity contribution in [1.29, 1.82) is 0 Å². The number of ether oxygens (including phenoxy) is 2. The highest BCUT2D eigenvalue weighted by atomic mass is 32.1. The SMILES string of the molecule is COc1cc(/C=C/C(=O)NCCc2ccc(-c3csc(C)n3)s2)cc(OC)c1. The average Bonchev–Trinajstić information content (AvgIpc) is 3.35. The number of methoxy groups -OCH3 is 2. The molecule has 0 aliphatic rings. The number of carbonyl (C=O) groups is 1. The average molecular weight is 415 g/mol. The number of benzene rings is 1. The molecule has 1 aromatic carbocycles. The van der Waals surface area contributed by atoms with Crippen molar-refractivity contribution in [3.8, 4) is 22.1 Å². The summed E-state index contributed by atoms with van der Waals surface area (Å²) >= 11 is 3.37. The summed E-state index contributed by atoms with van der Waals surface area (Å²) in [5.41, 5.74) is 1.87. The van der Waals surface area contributed by atoms with E-state index >= 15 is 0 Å². The van der Waals surface area contributed by atoms with Crippen molar-refractivity contribution in [3.05, 3.63) is 57.2 Å². The highest BCUT2D eigenvalue weighted by molar-refractivity contribution is 7.16. The van der Waals surface area contributed by atoms with Crippen LogP contribution in [0.4, 0.5) is 0 Å². The van der Waals surface area contributed by atoms with Crippen LogP contribution in [0.15, 0.2) is 41.8 Å². The molecule has 2 aromatic heterocycles. The standard InChI is InChI=1S/C21H22N2O3S2/c1-14-23-19(13-27-14)20-6-5-18(28-20)8-9-22-21(24)7-4-15-10-16(25-2)12-17(11-15)26-3/h4-7,10-13H,8-9H2,1-3H3,(H,22,24)/b7-4+. The molecule has 1 N–H and O–H groups in total. The summed E-state index contributed by atoms with van der Waals surface area (Å²) in [6.07, 6.45) is 4.06. The highest BCUT2D eigenvalue weighted by Crippen LogP contribution is 2.29. The lowest BCUT2D eigenvalue weighted by molar-refractivity contribution is -0.116. The van der Waals surface area contributed by atoms with Crippen molar-refractivity contribution in [2.75, 3.05) is 20.8 Å². The van der Waals surface area contributed by atoms with Gasteiger partial charge in [-0.3, -0.25) is 4.79 Å². The fraction of sp³-hybridized carbons (Fsp3) is 0.238. The zero-order chi connectivity index (χ0) is 19.9. The monoisotopic (exact) mass is 414 g/mol. The number of nitrogens with one attached hydrogen (secondary N) is 1. The second kappa shape index (κ2) is 9.52. The molecule has 146 valence electrons. The summed E-state index contributed by atoms with van der Waals surface area (Å²) in [5.74, 6) is 1.24. The number of aryl methyl sites for hydroxylation is 1. The van der Waals surface area contributed by atoms with Gasteiger partial charge in [-0.15, -0.1) is 22.7 Å². The molecule has 0 fully saturated rings. The largest absolute Gasteiger partial charge is 0.497 e. The molecule has 5 nitrogen and oxygen atoms in total. The van der Waals surface area contributed by atoms with E-state index in [4.69, 9.17) is 9.47 Å². The van der Waals surface area contributed by atoms with Gasteiger partial charge in [0.1, 0.15) is 11.5 Å². The summed E-state index contributed by atoms with van der Waals surface area (Å²) in [5, 5.41) is 6.06. The van der Waals surface area contributed by atoms with Gasteiger partial charge in [-0.2, -0.15) is 0 Å². The van der Waals surface area contributed by atoms with Crippen LogP contribution >= 0.6 is 22.7 Å². The second-order valence-corrected chi connectivity index (χ2v) is 8.27. The first kappa shape index (κ1) is 20.1. The van der Waals surface area contributed by atoms with Crippen molar-refractivity contribution in [2.24, 2.45) is 0 Å². The fourth-order valence-electron chi connectivity index (χ4n) is 2.59. The predicted octanol–water partition coefficient (Wildman–Crippen LogP) is 4.57. The Morgan fingerprint density at radius 2 is 1.93 bits per heavy atom. The number of amides is 1. The minimum atomic E-state index is -0.131. The Labute approximate surface area is 172 Å². The Hall–Kier alpha value is -2.64. The summed E-state index contributed by atoms with van der Waals surface area (Å²) in [7, 11) is 3.20. The van der Waals surface area contributed by atoms with E-state index in [1.54, 1.807) is 49.0 Å². The van der Waals surface area contributed by atoms with Crippen molar-refractivity contribution in [1.82, 2.24) is 10.3 Å². The molecular formula is C21H22N2O3S2. The summed E-state index contributed by atoms with van der Waals surface area (Å²) in [6, 6.07) is 9.67. The van der Waals surface area contributed by atoms with Crippen LogP contribution in [-0.2, 0) is 11.2 Å². The van der Waals surface area contributed by atoms with Crippen LogP contribution in [0.1, 0.15) is 15.4 Å². The maximum atomic E-state index is 12.1. The quantitative estimate of drug-likeness (QED) is 0.549. The molecule has 1 amide bonds. The van der Waals surface area contributed by atoms with E-state index < -0.39 is 0 Å². The normalized spacial score (nSPS) is 11.0. The van der Waals surface area contributed by atoms with E-state index in [0.29, 0.717) is 18.0 Å². The number of carbonyl (C=O) groups excluding carboxylic acids is 1. The minimum Gasteiger partial charge on any atom is -0.497 e.